The molecule has 1 heteroatoms. The number of ether oxygens (including phenoxy) is 1. The summed E-state index contributed by atoms with van der Waals surface area (Å²) in [5.74, 6) is 0.918. The Labute approximate surface area is 109 Å². The van der Waals surface area contributed by atoms with Crippen LogP contribution in [0.1, 0.15) is 31.9 Å². The SMILES string of the molecule is CCc1ccc(OC(C)(C)c2ccccc2)cc1. The predicted molar refractivity (Wildman–Crippen MR) is 75.9 cm³/mol. The molecule has 0 saturated carbocycles. The van der Waals surface area contributed by atoms with Gasteiger partial charge in [0.05, 0.1) is 0 Å². The molecule has 0 N–H and O–H groups in total. The van der Waals surface area contributed by atoms with Crippen LogP contribution in [0.3, 0.4) is 0 Å². The minimum atomic E-state index is -0.311. The van der Waals surface area contributed by atoms with Crippen molar-refractivity contribution in [3.8, 4) is 5.75 Å². The van der Waals surface area contributed by atoms with Gasteiger partial charge in [0.2, 0.25) is 0 Å². The van der Waals surface area contributed by atoms with Crippen molar-refractivity contribution in [2.75, 3.05) is 0 Å². The highest BCUT2D eigenvalue weighted by molar-refractivity contribution is 5.30. The Morgan fingerprint density at radius 2 is 1.50 bits per heavy atom. The minimum Gasteiger partial charge on any atom is -0.483 e. The highest BCUT2D eigenvalue weighted by Crippen LogP contribution is 2.27. The van der Waals surface area contributed by atoms with Crippen molar-refractivity contribution in [1.82, 2.24) is 0 Å². The summed E-state index contributed by atoms with van der Waals surface area (Å²) in [6, 6.07) is 18.6. The molecular weight excluding hydrogens is 220 g/mol. The molecule has 0 bridgehead atoms. The quantitative estimate of drug-likeness (QED) is 0.761. The molecule has 18 heavy (non-hydrogen) atoms. The largest absolute Gasteiger partial charge is 0.483 e. The van der Waals surface area contributed by atoms with Gasteiger partial charge in [0.25, 0.3) is 0 Å². The highest BCUT2D eigenvalue weighted by atomic mass is 16.5. The molecule has 0 saturated heterocycles. The lowest BCUT2D eigenvalue weighted by Crippen LogP contribution is -2.25. The predicted octanol–water partition coefficient (Wildman–Crippen LogP) is 4.56. The van der Waals surface area contributed by atoms with E-state index >= 15 is 0 Å². The highest BCUT2D eigenvalue weighted by Gasteiger charge is 2.21. The van der Waals surface area contributed by atoms with Crippen LogP contribution in [0.25, 0.3) is 0 Å². The van der Waals surface area contributed by atoms with Gasteiger partial charge in [-0.3, -0.25) is 0 Å². The third-order valence-electron chi connectivity index (χ3n) is 3.17. The molecule has 0 unspecified atom stereocenters. The molecule has 0 amide bonds. The van der Waals surface area contributed by atoms with E-state index in [9.17, 15) is 0 Å². The van der Waals surface area contributed by atoms with E-state index in [1.54, 1.807) is 0 Å². The van der Waals surface area contributed by atoms with Crippen LogP contribution in [0, 0.1) is 0 Å². The maximum absolute atomic E-state index is 6.09. The van der Waals surface area contributed by atoms with Gasteiger partial charge in [0.1, 0.15) is 11.4 Å². The number of hydrogen-bond acceptors (Lipinski definition) is 1. The van der Waals surface area contributed by atoms with Crippen molar-refractivity contribution >= 4 is 0 Å². The number of rotatable bonds is 4. The second-order valence-corrected chi connectivity index (χ2v) is 4.98. The molecule has 0 fully saturated rings. The van der Waals surface area contributed by atoms with E-state index in [-0.39, 0.29) is 5.60 Å². The maximum atomic E-state index is 6.09. The van der Waals surface area contributed by atoms with E-state index < -0.39 is 0 Å². The van der Waals surface area contributed by atoms with Gasteiger partial charge in [0.15, 0.2) is 0 Å². The summed E-state index contributed by atoms with van der Waals surface area (Å²) in [4.78, 5) is 0. The molecule has 0 heterocycles. The molecule has 0 aliphatic heterocycles. The Morgan fingerprint density at radius 1 is 0.889 bits per heavy atom. The van der Waals surface area contributed by atoms with E-state index in [4.69, 9.17) is 4.74 Å². The Hall–Kier alpha value is -1.76. The summed E-state index contributed by atoms with van der Waals surface area (Å²) >= 11 is 0. The molecule has 0 atom stereocenters. The fourth-order valence-corrected chi connectivity index (χ4v) is 1.99. The summed E-state index contributed by atoms with van der Waals surface area (Å²) in [5.41, 5.74) is 2.21. The van der Waals surface area contributed by atoms with Gasteiger partial charge in [0, 0.05) is 0 Å². The van der Waals surface area contributed by atoms with E-state index in [1.165, 1.54) is 11.1 Å². The van der Waals surface area contributed by atoms with Crippen LogP contribution in [0.15, 0.2) is 54.6 Å². The van der Waals surface area contributed by atoms with Crippen molar-refractivity contribution in [3.63, 3.8) is 0 Å². The average Bonchev–Trinajstić information content (AvgIpc) is 2.40. The van der Waals surface area contributed by atoms with Crippen molar-refractivity contribution in [2.45, 2.75) is 32.8 Å². The summed E-state index contributed by atoms with van der Waals surface area (Å²) in [7, 11) is 0. The monoisotopic (exact) mass is 240 g/mol. The molecular formula is C17H20O. The molecule has 0 aliphatic rings. The maximum Gasteiger partial charge on any atom is 0.128 e. The van der Waals surface area contributed by atoms with Crippen molar-refractivity contribution in [2.24, 2.45) is 0 Å². The summed E-state index contributed by atoms with van der Waals surface area (Å²) in [5, 5.41) is 0. The summed E-state index contributed by atoms with van der Waals surface area (Å²) in [6.45, 7) is 6.34. The standard InChI is InChI=1S/C17H20O/c1-4-14-10-12-16(13-11-14)18-17(2,3)15-8-6-5-7-9-15/h5-13H,4H2,1-3H3. The smallest absolute Gasteiger partial charge is 0.128 e. The van der Waals surface area contributed by atoms with Crippen molar-refractivity contribution < 1.29 is 4.74 Å². The molecule has 0 radical (unpaired) electrons. The first-order chi connectivity index (χ1) is 8.62. The van der Waals surface area contributed by atoms with Gasteiger partial charge in [-0.1, -0.05) is 49.4 Å². The topological polar surface area (TPSA) is 9.23 Å². The Bertz CT molecular complexity index is 483. The Balaban J connectivity index is 2.16. The Morgan fingerprint density at radius 3 is 2.06 bits per heavy atom. The van der Waals surface area contributed by atoms with E-state index in [1.807, 2.05) is 30.3 Å². The van der Waals surface area contributed by atoms with Crippen molar-refractivity contribution in [3.05, 3.63) is 65.7 Å². The minimum absolute atomic E-state index is 0.311. The first-order valence-electron chi connectivity index (χ1n) is 6.45. The van der Waals surface area contributed by atoms with Crippen LogP contribution in [0.4, 0.5) is 0 Å². The van der Waals surface area contributed by atoms with E-state index in [0.29, 0.717) is 0 Å². The van der Waals surface area contributed by atoms with Crippen molar-refractivity contribution in [1.29, 1.82) is 0 Å². The molecule has 94 valence electrons. The van der Waals surface area contributed by atoms with Crippen LogP contribution >= 0.6 is 0 Å². The number of hydrogen-bond donors (Lipinski definition) is 0. The average molecular weight is 240 g/mol. The lowest BCUT2D eigenvalue weighted by Gasteiger charge is -2.27. The second-order valence-electron chi connectivity index (χ2n) is 4.98. The zero-order chi connectivity index (χ0) is 13.0. The van der Waals surface area contributed by atoms with Crippen LogP contribution < -0.4 is 4.74 Å². The molecule has 1 nitrogen and oxygen atoms in total. The van der Waals surface area contributed by atoms with Crippen LogP contribution in [-0.2, 0) is 12.0 Å². The summed E-state index contributed by atoms with van der Waals surface area (Å²) < 4.78 is 6.09. The Kier molecular flexibility index (Phi) is 3.71. The lowest BCUT2D eigenvalue weighted by atomic mass is 9.98. The van der Waals surface area contributed by atoms with Crippen LogP contribution in [-0.4, -0.2) is 0 Å². The zero-order valence-corrected chi connectivity index (χ0v) is 11.3. The first kappa shape index (κ1) is 12.7. The van der Waals surface area contributed by atoms with Gasteiger partial charge in [-0.05, 0) is 43.5 Å². The number of benzene rings is 2. The molecule has 2 aromatic carbocycles. The van der Waals surface area contributed by atoms with Crippen LogP contribution in [0.2, 0.25) is 0 Å². The third kappa shape index (κ3) is 2.92. The van der Waals surface area contributed by atoms with Gasteiger partial charge in [-0.2, -0.15) is 0 Å². The summed E-state index contributed by atoms with van der Waals surface area (Å²) in [6.07, 6.45) is 1.06. The fraction of sp³-hybridized carbons (Fsp3) is 0.294. The molecule has 0 aliphatic carbocycles. The molecule has 2 rings (SSSR count). The normalized spacial score (nSPS) is 11.3. The van der Waals surface area contributed by atoms with Gasteiger partial charge < -0.3 is 4.74 Å². The first-order valence-corrected chi connectivity index (χ1v) is 6.45. The van der Waals surface area contributed by atoms with E-state index in [0.717, 1.165) is 12.2 Å². The molecule has 0 spiro atoms. The van der Waals surface area contributed by atoms with Gasteiger partial charge in [-0.15, -0.1) is 0 Å². The second kappa shape index (κ2) is 5.26. The fourth-order valence-electron chi connectivity index (χ4n) is 1.99. The molecule has 0 aromatic heterocycles. The zero-order valence-electron chi connectivity index (χ0n) is 11.3. The van der Waals surface area contributed by atoms with E-state index in [2.05, 4.69) is 45.0 Å². The van der Waals surface area contributed by atoms with Gasteiger partial charge >= 0.3 is 0 Å². The number of aryl methyl sites for hydroxylation is 1. The molecule has 2 aromatic rings. The third-order valence-corrected chi connectivity index (χ3v) is 3.17. The van der Waals surface area contributed by atoms with Gasteiger partial charge in [-0.25, -0.2) is 0 Å². The lowest BCUT2D eigenvalue weighted by molar-refractivity contribution is 0.109. The van der Waals surface area contributed by atoms with Crippen LogP contribution in [0.5, 0.6) is 5.75 Å².